The minimum absolute atomic E-state index is 0.0362. The van der Waals surface area contributed by atoms with Gasteiger partial charge in [0.05, 0.1) is 0 Å². The molecule has 0 saturated carbocycles. The van der Waals surface area contributed by atoms with Crippen LogP contribution in [0, 0.1) is 12.5 Å². The van der Waals surface area contributed by atoms with Crippen molar-refractivity contribution in [1.82, 2.24) is 0 Å². The summed E-state index contributed by atoms with van der Waals surface area (Å²) < 4.78 is 41.3. The second-order valence-corrected chi connectivity index (χ2v) is 5.65. The molecule has 1 unspecified atom stereocenters. The highest BCUT2D eigenvalue weighted by molar-refractivity contribution is 6.09. The fourth-order valence-electron chi connectivity index (χ4n) is 1.84. The normalized spacial score (nSPS) is 12.5. The summed E-state index contributed by atoms with van der Waals surface area (Å²) in [7, 11) is 0. The fraction of sp³-hybridized carbons (Fsp3) is 0.158. The van der Waals surface area contributed by atoms with Gasteiger partial charge in [0, 0.05) is 16.8 Å². The van der Waals surface area contributed by atoms with E-state index in [2.05, 4.69) is 22.6 Å². The van der Waals surface area contributed by atoms with E-state index in [1.807, 2.05) is 5.32 Å². The number of nitrogens with one attached hydrogen (secondary N) is 1. The van der Waals surface area contributed by atoms with Crippen LogP contribution in [0.15, 0.2) is 54.6 Å². The molecule has 0 fully saturated rings. The van der Waals surface area contributed by atoms with Crippen molar-refractivity contribution in [3.63, 3.8) is 0 Å². The third kappa shape index (κ3) is 6.01. The van der Waals surface area contributed by atoms with Gasteiger partial charge in [0.1, 0.15) is 18.0 Å². The minimum atomic E-state index is -5.10. The van der Waals surface area contributed by atoms with Crippen LogP contribution < -0.4 is 5.32 Å². The second kappa shape index (κ2) is 9.78. The highest BCUT2D eigenvalue weighted by atomic mass is 35.5. The van der Waals surface area contributed by atoms with Gasteiger partial charge in [0.2, 0.25) is 5.60 Å². The molecule has 5 nitrogen and oxygen atoms in total. The molecule has 0 aliphatic heterocycles. The Bertz CT molecular complexity index is 844. The van der Waals surface area contributed by atoms with Crippen LogP contribution in [-0.2, 0) is 9.08 Å². The molecule has 9 heteroatoms. The average Bonchev–Trinajstić information content (AvgIpc) is 2.68. The number of carbonyl (C=O) groups is 2. The topological polar surface area (TPSA) is 75.6 Å². The Labute approximate surface area is 164 Å². The van der Waals surface area contributed by atoms with Crippen LogP contribution in [0.1, 0.15) is 22.8 Å². The summed E-state index contributed by atoms with van der Waals surface area (Å²) in [6.07, 6.45) is 1.02. The van der Waals surface area contributed by atoms with Crippen LogP contribution >= 0.6 is 11.9 Å². The Balaban J connectivity index is 0.000000892. The molecule has 0 aliphatic carbocycles. The zero-order valence-corrected chi connectivity index (χ0v) is 15.2. The number of benzene rings is 2. The van der Waals surface area contributed by atoms with Gasteiger partial charge in [0.15, 0.2) is 5.78 Å². The zero-order chi connectivity index (χ0) is 21.4. The maximum Gasteiger partial charge on any atom is 0.426 e. The van der Waals surface area contributed by atoms with Crippen molar-refractivity contribution in [3.8, 4) is 12.5 Å². The maximum absolute atomic E-state index is 12.6. The van der Waals surface area contributed by atoms with Gasteiger partial charge in [-0.15, -0.1) is 0 Å². The number of halogens is 4. The van der Waals surface area contributed by atoms with Crippen LogP contribution in [0.3, 0.4) is 0 Å². The standard InChI is InChI=1S/C17H14F3NO3.C2HClO/c1-16(24,17(18,19)20)15(23)21-13-9-7-12(8-10-13)14(22)11-5-3-2-4-6-11;1-2-4-3/h2-10,24H,1H3,(H,21,23);1H. The Morgan fingerprint density at radius 3 is 1.96 bits per heavy atom. The first kappa shape index (κ1) is 23.0. The molecule has 2 N–H and O–H groups in total. The Kier molecular flexibility index (Phi) is 8.04. The van der Waals surface area contributed by atoms with E-state index in [1.165, 1.54) is 24.3 Å². The summed E-state index contributed by atoms with van der Waals surface area (Å²) in [5.74, 6) is -1.85. The number of hydrogen-bond acceptors (Lipinski definition) is 4. The number of alkyl halides is 3. The van der Waals surface area contributed by atoms with Crippen molar-refractivity contribution in [2.75, 3.05) is 5.32 Å². The van der Waals surface area contributed by atoms with Crippen molar-refractivity contribution >= 4 is 29.2 Å². The van der Waals surface area contributed by atoms with E-state index in [4.69, 9.17) is 0 Å². The minimum Gasteiger partial charge on any atom is -0.373 e. The summed E-state index contributed by atoms with van der Waals surface area (Å²) in [6.45, 7) is 0.371. The van der Waals surface area contributed by atoms with Gasteiger partial charge < -0.3 is 14.7 Å². The van der Waals surface area contributed by atoms with Gasteiger partial charge in [-0.25, -0.2) is 0 Å². The largest absolute Gasteiger partial charge is 0.426 e. The molecule has 2 aromatic rings. The zero-order valence-electron chi connectivity index (χ0n) is 14.5. The summed E-state index contributed by atoms with van der Waals surface area (Å²) >= 11 is 4.45. The van der Waals surface area contributed by atoms with Crippen molar-refractivity contribution in [2.45, 2.75) is 18.7 Å². The molecule has 148 valence electrons. The van der Waals surface area contributed by atoms with Crippen LogP contribution in [0.25, 0.3) is 0 Å². The molecular weight excluding hydrogens is 399 g/mol. The van der Waals surface area contributed by atoms with Gasteiger partial charge in [0.25, 0.3) is 5.91 Å². The number of amides is 1. The quantitative estimate of drug-likeness (QED) is 0.588. The van der Waals surface area contributed by atoms with E-state index in [0.717, 1.165) is 0 Å². The monoisotopic (exact) mass is 413 g/mol. The summed E-state index contributed by atoms with van der Waals surface area (Å²) in [5, 5.41) is 11.3. The highest BCUT2D eigenvalue weighted by Gasteiger charge is 2.55. The average molecular weight is 414 g/mol. The smallest absolute Gasteiger partial charge is 0.373 e. The van der Waals surface area contributed by atoms with E-state index < -0.39 is 17.7 Å². The molecule has 0 aromatic heterocycles. The van der Waals surface area contributed by atoms with E-state index in [1.54, 1.807) is 36.4 Å². The van der Waals surface area contributed by atoms with E-state index >= 15 is 0 Å². The third-order valence-corrected chi connectivity index (χ3v) is 3.57. The molecule has 2 aromatic carbocycles. The van der Waals surface area contributed by atoms with E-state index in [-0.39, 0.29) is 11.5 Å². The number of aliphatic hydroxyl groups is 1. The molecule has 2 rings (SSSR count). The number of ketones is 1. The molecule has 0 spiro atoms. The lowest BCUT2D eigenvalue weighted by Gasteiger charge is -2.24. The molecule has 0 saturated heterocycles. The molecule has 0 radical (unpaired) electrons. The van der Waals surface area contributed by atoms with Crippen LogP contribution in [0.2, 0.25) is 0 Å². The Hall–Kier alpha value is -3.02. The van der Waals surface area contributed by atoms with Crippen molar-refractivity contribution in [1.29, 1.82) is 0 Å². The van der Waals surface area contributed by atoms with Crippen molar-refractivity contribution in [3.05, 3.63) is 65.7 Å². The molecular formula is C19H15ClF3NO4. The van der Waals surface area contributed by atoms with Crippen molar-refractivity contribution < 1.29 is 32.2 Å². The van der Waals surface area contributed by atoms with Crippen LogP contribution in [0.5, 0.6) is 0 Å². The maximum atomic E-state index is 12.6. The summed E-state index contributed by atoms with van der Waals surface area (Å²) in [6, 6.07) is 13.8. The SMILES string of the molecule is C#COCl.CC(O)(C(=O)Nc1ccc(C(=O)c2ccccc2)cc1)C(F)(F)F. The first-order valence-corrected chi connectivity index (χ1v) is 7.89. The predicted molar refractivity (Wildman–Crippen MR) is 97.4 cm³/mol. The number of rotatable bonds is 4. The van der Waals surface area contributed by atoms with E-state index in [0.29, 0.717) is 18.1 Å². The Morgan fingerprint density at radius 1 is 1.07 bits per heavy atom. The lowest BCUT2D eigenvalue weighted by atomic mass is 10.0. The van der Waals surface area contributed by atoms with Crippen LogP contribution in [-0.4, -0.2) is 28.6 Å². The number of anilines is 1. The third-order valence-electron chi connectivity index (χ3n) is 3.48. The molecule has 1 atom stereocenters. The molecule has 0 aliphatic rings. The highest BCUT2D eigenvalue weighted by Crippen LogP contribution is 2.31. The molecule has 28 heavy (non-hydrogen) atoms. The lowest BCUT2D eigenvalue weighted by Crippen LogP contribution is -2.52. The molecule has 0 heterocycles. The second-order valence-electron chi connectivity index (χ2n) is 5.49. The van der Waals surface area contributed by atoms with E-state index in [9.17, 15) is 27.9 Å². The number of terminal acetylenes is 1. The van der Waals surface area contributed by atoms with Crippen LogP contribution in [0.4, 0.5) is 18.9 Å². The first-order valence-electron chi connectivity index (χ1n) is 7.58. The molecule has 1 amide bonds. The van der Waals surface area contributed by atoms with Gasteiger partial charge in [-0.3, -0.25) is 9.59 Å². The number of hydrogen-bond donors (Lipinski definition) is 2. The summed E-state index contributed by atoms with van der Waals surface area (Å²) in [5.41, 5.74) is -2.68. The van der Waals surface area contributed by atoms with Crippen molar-refractivity contribution in [2.24, 2.45) is 0 Å². The Morgan fingerprint density at radius 2 is 1.54 bits per heavy atom. The molecule has 0 bridgehead atoms. The first-order chi connectivity index (χ1) is 13.0. The lowest BCUT2D eigenvalue weighted by molar-refractivity contribution is -0.242. The van der Waals surface area contributed by atoms with Gasteiger partial charge >= 0.3 is 6.18 Å². The predicted octanol–water partition coefficient (Wildman–Crippen LogP) is 3.92. The fourth-order valence-corrected chi connectivity index (χ4v) is 1.84. The van der Waals surface area contributed by atoms with Gasteiger partial charge in [-0.2, -0.15) is 13.2 Å². The van der Waals surface area contributed by atoms with Gasteiger partial charge in [-0.1, -0.05) is 36.8 Å². The number of carbonyl (C=O) groups excluding carboxylic acids is 2. The summed E-state index contributed by atoms with van der Waals surface area (Å²) in [4.78, 5) is 23.8. The van der Waals surface area contributed by atoms with Gasteiger partial charge in [-0.05, 0) is 31.2 Å².